The second-order valence-corrected chi connectivity index (χ2v) is 14.9. The Morgan fingerprint density at radius 2 is 0.961 bits per heavy atom. The first-order valence-electron chi connectivity index (χ1n) is 17.6. The molecule has 7 heteroatoms. The van der Waals surface area contributed by atoms with Gasteiger partial charge in [0.1, 0.15) is 45.3 Å². The van der Waals surface area contributed by atoms with Crippen LogP contribution in [0, 0.1) is 13.8 Å². The van der Waals surface area contributed by atoms with Gasteiger partial charge in [0.25, 0.3) is 13.4 Å². The summed E-state index contributed by atoms with van der Waals surface area (Å²) in [5, 5.41) is 6.68. The van der Waals surface area contributed by atoms with E-state index < -0.39 is 0 Å². The second kappa shape index (κ2) is 8.17. The van der Waals surface area contributed by atoms with Crippen molar-refractivity contribution in [3.63, 3.8) is 0 Å². The van der Waals surface area contributed by atoms with Gasteiger partial charge in [0.15, 0.2) is 0 Å². The average Bonchev–Trinajstić information content (AvgIpc) is 3.82. The van der Waals surface area contributed by atoms with E-state index in [2.05, 4.69) is 122 Å². The van der Waals surface area contributed by atoms with E-state index in [0.717, 1.165) is 77.6 Å². The van der Waals surface area contributed by atoms with E-state index in [1.54, 1.807) is 0 Å². The van der Waals surface area contributed by atoms with Crippen LogP contribution in [0.15, 0.2) is 112 Å². The number of hydrogen-bond donors (Lipinski definition) is 0. The van der Waals surface area contributed by atoms with Gasteiger partial charge in [-0.2, -0.15) is 0 Å². The number of para-hydroxylation sites is 2. The van der Waals surface area contributed by atoms with Crippen molar-refractivity contribution >= 4 is 112 Å². The maximum Gasteiger partial charge on any atom is 0.256 e. The molecule has 7 aromatic carbocycles. The molecule has 0 N–H and O–H groups in total. The Balaban J connectivity index is 1.32. The van der Waals surface area contributed by atoms with Gasteiger partial charge in [-0.1, -0.05) is 83.9 Å². The van der Waals surface area contributed by atoms with E-state index >= 15 is 0 Å². The maximum atomic E-state index is 6.93. The van der Waals surface area contributed by atoms with Gasteiger partial charge in [0.05, 0.1) is 21.8 Å². The lowest BCUT2D eigenvalue weighted by atomic mass is 9.30. The molecular formula is C44H23B2NO4. The predicted octanol–water partition coefficient (Wildman–Crippen LogP) is 7.07. The van der Waals surface area contributed by atoms with Gasteiger partial charge in [-0.05, 0) is 70.9 Å². The molecule has 5 nitrogen and oxygen atoms in total. The highest BCUT2D eigenvalue weighted by Gasteiger charge is 2.50. The first-order chi connectivity index (χ1) is 25.1. The Bertz CT molecular complexity index is 3150. The molecule has 0 fully saturated rings. The van der Waals surface area contributed by atoms with Crippen LogP contribution in [0.4, 0.5) is 0 Å². The minimum Gasteiger partial charge on any atom is -0.458 e. The quantitative estimate of drug-likeness (QED) is 0.165. The van der Waals surface area contributed by atoms with Crippen LogP contribution in [0.5, 0.6) is 23.0 Å². The lowest BCUT2D eigenvalue weighted by Gasteiger charge is -2.40. The number of fused-ring (bicyclic) bond motifs is 15. The van der Waals surface area contributed by atoms with Crippen LogP contribution in [0.3, 0.4) is 0 Å². The average molecular weight is 651 g/mol. The zero-order valence-electron chi connectivity index (χ0n) is 27.5. The number of rotatable bonds is 0. The molecule has 7 heterocycles. The zero-order chi connectivity index (χ0) is 33.0. The molecular weight excluding hydrogens is 628 g/mol. The number of aryl methyl sites for hydroxylation is 2. The molecule has 234 valence electrons. The largest absolute Gasteiger partial charge is 0.458 e. The molecule has 0 unspecified atom stereocenters. The van der Waals surface area contributed by atoms with Crippen molar-refractivity contribution < 1.29 is 18.3 Å². The number of ether oxygens (including phenoxy) is 2. The van der Waals surface area contributed by atoms with Crippen LogP contribution in [0.25, 0.3) is 71.4 Å². The predicted molar refractivity (Wildman–Crippen MR) is 207 cm³/mol. The summed E-state index contributed by atoms with van der Waals surface area (Å²) in [5.74, 6) is 3.48. The highest BCUT2D eigenvalue weighted by Crippen LogP contribution is 2.48. The highest BCUT2D eigenvalue weighted by molar-refractivity contribution is 7.03. The van der Waals surface area contributed by atoms with E-state index in [9.17, 15) is 0 Å². The smallest absolute Gasteiger partial charge is 0.256 e. The second-order valence-electron chi connectivity index (χ2n) is 14.9. The van der Waals surface area contributed by atoms with Gasteiger partial charge in [0, 0.05) is 33.3 Å². The monoisotopic (exact) mass is 651 g/mol. The molecule has 10 aromatic rings. The number of aromatic nitrogens is 1. The molecule has 14 rings (SSSR count). The SMILES string of the molecule is Cc1ccc2c(c1)B1c3c(cc4c5c3-n3c6c1cc1c7ccccc7oc1c6c1c6oc7ccccc7c6cc(c13)B5c1cc(C)ccc1O4)O2. The molecule has 0 aliphatic carbocycles. The lowest BCUT2D eigenvalue weighted by Crippen LogP contribution is -2.65. The van der Waals surface area contributed by atoms with Gasteiger partial charge < -0.3 is 22.9 Å². The van der Waals surface area contributed by atoms with Crippen molar-refractivity contribution in [2.24, 2.45) is 0 Å². The van der Waals surface area contributed by atoms with Gasteiger partial charge >= 0.3 is 0 Å². The van der Waals surface area contributed by atoms with Crippen molar-refractivity contribution in [3.8, 4) is 28.7 Å². The van der Waals surface area contributed by atoms with Crippen molar-refractivity contribution in [2.45, 2.75) is 13.8 Å². The fraction of sp³-hybridized carbons (Fsp3) is 0.0455. The minimum absolute atomic E-state index is 0.0476. The normalized spacial score (nSPS) is 14.3. The fourth-order valence-electron chi connectivity index (χ4n) is 10.2. The third-order valence-electron chi connectivity index (χ3n) is 12.2. The number of furan rings is 2. The van der Waals surface area contributed by atoms with E-state index in [1.807, 2.05) is 0 Å². The Morgan fingerprint density at radius 3 is 1.47 bits per heavy atom. The summed E-state index contributed by atoms with van der Waals surface area (Å²) in [7, 11) is 0. The molecule has 0 spiro atoms. The Morgan fingerprint density at radius 1 is 0.471 bits per heavy atom. The van der Waals surface area contributed by atoms with Crippen LogP contribution in [-0.2, 0) is 0 Å². The van der Waals surface area contributed by atoms with E-state index in [0.29, 0.717) is 0 Å². The third-order valence-corrected chi connectivity index (χ3v) is 12.2. The molecule has 0 saturated heterocycles. The number of nitrogens with zero attached hydrogens (tertiary/aromatic N) is 1. The summed E-state index contributed by atoms with van der Waals surface area (Å²) in [6, 6.07) is 37.0. The van der Waals surface area contributed by atoms with Crippen molar-refractivity contribution in [2.75, 3.05) is 0 Å². The Hall–Kier alpha value is -6.33. The molecule has 0 radical (unpaired) electrons. The van der Waals surface area contributed by atoms with Gasteiger partial charge in [-0.25, -0.2) is 0 Å². The van der Waals surface area contributed by atoms with E-state index in [4.69, 9.17) is 18.3 Å². The van der Waals surface area contributed by atoms with Crippen LogP contribution >= 0.6 is 0 Å². The summed E-state index contributed by atoms with van der Waals surface area (Å²) in [5.41, 5.74) is 16.8. The highest BCUT2D eigenvalue weighted by atomic mass is 16.5. The summed E-state index contributed by atoms with van der Waals surface area (Å²) in [4.78, 5) is 0. The molecule has 0 atom stereocenters. The topological polar surface area (TPSA) is 49.7 Å². The van der Waals surface area contributed by atoms with Gasteiger partial charge in [-0.15, -0.1) is 0 Å². The minimum atomic E-state index is -0.0476. The molecule has 4 aliphatic heterocycles. The summed E-state index contributed by atoms with van der Waals surface area (Å²) in [6.07, 6.45) is 0. The van der Waals surface area contributed by atoms with E-state index in [-0.39, 0.29) is 13.4 Å². The van der Waals surface area contributed by atoms with Crippen LogP contribution in [-0.4, -0.2) is 18.0 Å². The number of benzene rings is 7. The van der Waals surface area contributed by atoms with Crippen LogP contribution < -0.4 is 42.3 Å². The van der Waals surface area contributed by atoms with Crippen LogP contribution in [0.1, 0.15) is 11.1 Å². The zero-order valence-corrected chi connectivity index (χ0v) is 27.5. The number of hydrogen-bond acceptors (Lipinski definition) is 4. The van der Waals surface area contributed by atoms with Crippen molar-refractivity contribution in [1.29, 1.82) is 0 Å². The fourth-order valence-corrected chi connectivity index (χ4v) is 10.2. The molecule has 51 heavy (non-hydrogen) atoms. The maximum absolute atomic E-state index is 6.93. The summed E-state index contributed by atoms with van der Waals surface area (Å²) >= 11 is 0. The summed E-state index contributed by atoms with van der Waals surface area (Å²) in [6.45, 7) is 4.24. The first kappa shape index (κ1) is 25.6. The molecule has 0 bridgehead atoms. The molecule has 3 aromatic heterocycles. The van der Waals surface area contributed by atoms with Gasteiger partial charge in [-0.3, -0.25) is 0 Å². The van der Waals surface area contributed by atoms with Crippen LogP contribution in [0.2, 0.25) is 0 Å². The summed E-state index contributed by atoms with van der Waals surface area (Å²) < 4.78 is 30.2. The molecule has 0 amide bonds. The standard InChI is InChI=1S/C44H23B2NO4/c1-20-11-13-32-26(15-20)45-28-17-24-22-7-3-5-9-30(22)50-43(24)36-37-41-29(18-25-23-8-4-6-10-31(23)51-44(25)37)46-27-16-21(2)12-14-33(27)49-35-19-34(48-32)38(45)42(39(35)46)47(41)40(28)36/h3-19H,1-2H3. The van der Waals surface area contributed by atoms with E-state index in [1.165, 1.54) is 60.6 Å². The van der Waals surface area contributed by atoms with Gasteiger partial charge in [0.2, 0.25) is 0 Å². The van der Waals surface area contributed by atoms with Crippen molar-refractivity contribution in [1.82, 2.24) is 4.57 Å². The lowest BCUT2D eigenvalue weighted by molar-refractivity contribution is 0.465. The van der Waals surface area contributed by atoms with Crippen molar-refractivity contribution in [3.05, 3.63) is 114 Å². The first-order valence-corrected chi connectivity index (χ1v) is 17.6. The molecule has 4 aliphatic rings. The Kier molecular flexibility index (Phi) is 4.10. The third kappa shape index (κ3) is 2.76. The Labute approximate surface area is 290 Å². The molecule has 0 saturated carbocycles.